The van der Waals surface area contributed by atoms with Gasteiger partial charge in [-0.3, -0.25) is 4.79 Å². The average Bonchev–Trinajstić information content (AvgIpc) is 2.79. The van der Waals surface area contributed by atoms with Crippen LogP contribution in [0.5, 0.6) is 5.75 Å². The van der Waals surface area contributed by atoms with Crippen LogP contribution in [0.15, 0.2) is 24.3 Å². The highest BCUT2D eigenvalue weighted by Crippen LogP contribution is 2.28. The van der Waals surface area contributed by atoms with Gasteiger partial charge in [-0.1, -0.05) is 18.6 Å². The highest BCUT2D eigenvalue weighted by Gasteiger charge is 2.22. The summed E-state index contributed by atoms with van der Waals surface area (Å²) in [5.74, 6) is 2.11. The van der Waals surface area contributed by atoms with Crippen LogP contribution in [-0.4, -0.2) is 36.9 Å². The van der Waals surface area contributed by atoms with Crippen molar-refractivity contribution >= 4 is 17.5 Å². The second-order valence-electron chi connectivity index (χ2n) is 5.60. The van der Waals surface area contributed by atoms with E-state index in [0.29, 0.717) is 18.2 Å². The molecule has 2 rings (SSSR count). The molecule has 1 aromatic rings. The lowest BCUT2D eigenvalue weighted by Crippen LogP contribution is -2.34. The third-order valence-corrected chi connectivity index (χ3v) is 4.40. The molecule has 116 valence electrons. The van der Waals surface area contributed by atoms with Crippen molar-refractivity contribution in [3.8, 4) is 5.75 Å². The predicted molar refractivity (Wildman–Crippen MR) is 86.1 cm³/mol. The molecule has 1 fully saturated rings. The first kappa shape index (κ1) is 16.2. The topological polar surface area (TPSA) is 29.5 Å². The molecule has 0 radical (unpaired) electrons. The number of benzene rings is 1. The van der Waals surface area contributed by atoms with Crippen LogP contribution < -0.4 is 4.74 Å². The molecule has 21 heavy (non-hydrogen) atoms. The number of nitrogens with zero attached hydrogens (tertiary/aromatic N) is 1. The Bertz CT molecular complexity index is 447. The molecule has 1 heterocycles. The average molecular weight is 310 g/mol. The van der Waals surface area contributed by atoms with Gasteiger partial charge in [-0.2, -0.15) is 0 Å². The summed E-state index contributed by atoms with van der Waals surface area (Å²) in [7, 11) is 1.68. The number of carbonyl (C=O) groups excluding carboxylic acids is 1. The van der Waals surface area contributed by atoms with E-state index in [0.717, 1.165) is 38.1 Å². The highest BCUT2D eigenvalue weighted by molar-refractivity contribution is 6.17. The predicted octanol–water partition coefficient (Wildman–Crippen LogP) is 3.81. The Kier molecular flexibility index (Phi) is 6.37. The largest absolute Gasteiger partial charge is 0.497 e. The van der Waals surface area contributed by atoms with E-state index < -0.39 is 0 Å². The zero-order valence-electron chi connectivity index (χ0n) is 12.7. The molecule has 0 bridgehead atoms. The minimum atomic E-state index is 0.246. The van der Waals surface area contributed by atoms with Crippen molar-refractivity contribution in [3.63, 3.8) is 0 Å². The van der Waals surface area contributed by atoms with Crippen molar-refractivity contribution in [2.75, 3.05) is 26.1 Å². The molecular weight excluding hydrogens is 286 g/mol. The second-order valence-corrected chi connectivity index (χ2v) is 5.98. The van der Waals surface area contributed by atoms with Crippen LogP contribution in [-0.2, 0) is 4.79 Å². The molecule has 0 N–H and O–H groups in total. The van der Waals surface area contributed by atoms with Crippen LogP contribution >= 0.6 is 11.6 Å². The number of halogens is 1. The lowest BCUT2D eigenvalue weighted by molar-refractivity contribution is -0.131. The molecule has 1 unspecified atom stereocenters. The van der Waals surface area contributed by atoms with Gasteiger partial charge in [0, 0.05) is 31.3 Å². The van der Waals surface area contributed by atoms with Gasteiger partial charge in [0.15, 0.2) is 0 Å². The summed E-state index contributed by atoms with van der Waals surface area (Å²) in [6.45, 7) is 1.71. The molecular formula is C17H24ClNO2. The smallest absolute Gasteiger partial charge is 0.222 e. The summed E-state index contributed by atoms with van der Waals surface area (Å²) in [5, 5.41) is 0. The van der Waals surface area contributed by atoms with Crippen molar-refractivity contribution < 1.29 is 9.53 Å². The van der Waals surface area contributed by atoms with Crippen molar-refractivity contribution in [1.29, 1.82) is 0 Å². The highest BCUT2D eigenvalue weighted by atomic mass is 35.5. The van der Waals surface area contributed by atoms with Crippen LogP contribution in [0.3, 0.4) is 0 Å². The van der Waals surface area contributed by atoms with Gasteiger partial charge < -0.3 is 9.64 Å². The summed E-state index contributed by atoms with van der Waals surface area (Å²) in [4.78, 5) is 14.3. The Morgan fingerprint density at radius 2 is 2.10 bits per heavy atom. The maximum absolute atomic E-state index is 12.2. The monoisotopic (exact) mass is 309 g/mol. The summed E-state index contributed by atoms with van der Waals surface area (Å²) in [6, 6.07) is 8.24. The third kappa shape index (κ3) is 4.63. The molecule has 1 atom stereocenters. The van der Waals surface area contributed by atoms with Gasteiger partial charge in [-0.15, -0.1) is 11.6 Å². The molecule has 1 aromatic carbocycles. The number of likely N-dealkylation sites (tertiary alicyclic amines) is 1. The van der Waals surface area contributed by atoms with Gasteiger partial charge >= 0.3 is 0 Å². The van der Waals surface area contributed by atoms with Gasteiger partial charge in [0.25, 0.3) is 0 Å². The molecule has 0 saturated carbocycles. The van der Waals surface area contributed by atoms with E-state index in [1.807, 2.05) is 17.0 Å². The fraction of sp³-hybridized carbons (Fsp3) is 0.588. The fourth-order valence-electron chi connectivity index (χ4n) is 2.89. The van der Waals surface area contributed by atoms with E-state index in [1.54, 1.807) is 7.11 Å². The van der Waals surface area contributed by atoms with E-state index in [4.69, 9.17) is 16.3 Å². The van der Waals surface area contributed by atoms with Crippen LogP contribution in [0.2, 0.25) is 0 Å². The quantitative estimate of drug-likeness (QED) is 0.774. The normalized spacial score (nSPS) is 19.1. The Balaban J connectivity index is 2.02. The van der Waals surface area contributed by atoms with Crippen LogP contribution in [0, 0.1) is 0 Å². The van der Waals surface area contributed by atoms with E-state index in [2.05, 4.69) is 12.1 Å². The molecule has 0 aliphatic carbocycles. The van der Waals surface area contributed by atoms with Gasteiger partial charge in [0.05, 0.1) is 7.11 Å². The number of methoxy groups -OCH3 is 1. The SMILES string of the molecule is COc1ccc(C2CCCCN(C(=O)CCCCl)C2)cc1. The minimum Gasteiger partial charge on any atom is -0.497 e. The van der Waals surface area contributed by atoms with Crippen molar-refractivity contribution in [2.45, 2.75) is 38.0 Å². The number of amides is 1. The number of hydrogen-bond acceptors (Lipinski definition) is 2. The Labute approximate surface area is 132 Å². The fourth-order valence-corrected chi connectivity index (χ4v) is 3.03. The van der Waals surface area contributed by atoms with E-state index in [1.165, 1.54) is 12.0 Å². The molecule has 3 nitrogen and oxygen atoms in total. The van der Waals surface area contributed by atoms with E-state index in [9.17, 15) is 4.79 Å². The summed E-state index contributed by atoms with van der Waals surface area (Å²) < 4.78 is 5.21. The molecule has 4 heteroatoms. The summed E-state index contributed by atoms with van der Waals surface area (Å²) in [5.41, 5.74) is 1.30. The summed E-state index contributed by atoms with van der Waals surface area (Å²) >= 11 is 5.69. The zero-order chi connectivity index (χ0) is 15.1. The molecule has 1 saturated heterocycles. The number of hydrogen-bond donors (Lipinski definition) is 0. The first-order valence-corrected chi connectivity index (χ1v) is 8.25. The van der Waals surface area contributed by atoms with Gasteiger partial charge in [-0.25, -0.2) is 0 Å². The molecule has 0 aromatic heterocycles. The van der Waals surface area contributed by atoms with Gasteiger partial charge in [-0.05, 0) is 37.0 Å². The van der Waals surface area contributed by atoms with Crippen molar-refractivity contribution in [3.05, 3.63) is 29.8 Å². The Morgan fingerprint density at radius 3 is 2.76 bits per heavy atom. The van der Waals surface area contributed by atoms with Crippen molar-refractivity contribution in [2.24, 2.45) is 0 Å². The standard InChI is InChI=1S/C17H24ClNO2/c1-21-16-9-7-14(8-10-16)15-5-2-3-12-19(13-15)17(20)6-4-11-18/h7-10,15H,2-6,11-13H2,1H3. The van der Waals surface area contributed by atoms with E-state index >= 15 is 0 Å². The Hall–Kier alpha value is -1.22. The maximum atomic E-state index is 12.2. The maximum Gasteiger partial charge on any atom is 0.222 e. The Morgan fingerprint density at radius 1 is 1.33 bits per heavy atom. The van der Waals surface area contributed by atoms with Crippen molar-refractivity contribution in [1.82, 2.24) is 4.90 Å². The first-order chi connectivity index (χ1) is 10.2. The summed E-state index contributed by atoms with van der Waals surface area (Å²) in [6.07, 6.45) is 4.75. The number of carbonyl (C=O) groups is 1. The van der Waals surface area contributed by atoms with E-state index in [-0.39, 0.29) is 5.91 Å². The van der Waals surface area contributed by atoms with Gasteiger partial charge in [0.2, 0.25) is 5.91 Å². The third-order valence-electron chi connectivity index (χ3n) is 4.14. The number of ether oxygens (including phenoxy) is 1. The molecule has 1 aliphatic rings. The molecule has 1 amide bonds. The second kappa shape index (κ2) is 8.28. The van der Waals surface area contributed by atoms with Crippen LogP contribution in [0.4, 0.5) is 0 Å². The van der Waals surface area contributed by atoms with Gasteiger partial charge in [0.1, 0.15) is 5.75 Å². The minimum absolute atomic E-state index is 0.246. The number of rotatable bonds is 5. The molecule has 1 aliphatic heterocycles. The van der Waals surface area contributed by atoms with Crippen LogP contribution in [0.1, 0.15) is 43.6 Å². The number of alkyl halides is 1. The lowest BCUT2D eigenvalue weighted by atomic mass is 9.94. The zero-order valence-corrected chi connectivity index (χ0v) is 13.4. The van der Waals surface area contributed by atoms with Crippen LogP contribution in [0.25, 0.3) is 0 Å². The molecule has 0 spiro atoms. The first-order valence-electron chi connectivity index (χ1n) is 7.72. The lowest BCUT2D eigenvalue weighted by Gasteiger charge is -2.25.